The third kappa shape index (κ3) is 7.52. The predicted octanol–water partition coefficient (Wildman–Crippen LogP) is 4.48. The van der Waals surface area contributed by atoms with Crippen LogP contribution in [0.3, 0.4) is 0 Å². The lowest BCUT2D eigenvalue weighted by molar-refractivity contribution is -0.123. The largest absolute Gasteiger partial charge is 0.493 e. The van der Waals surface area contributed by atoms with Crippen LogP contribution in [-0.2, 0) is 4.79 Å². The first kappa shape index (κ1) is 22.2. The number of rotatable bonds is 8. The molecular formula is C20H22Br2N2O4. The van der Waals surface area contributed by atoms with E-state index in [1.807, 2.05) is 12.1 Å². The van der Waals surface area contributed by atoms with E-state index in [0.717, 1.165) is 15.4 Å². The standard InChI is InChI=1S/C20H22Br2N2O4/c1-13(2)9-10-27-18-8-5-15(22)11-17(18)20(26)24-23-19(25)12-28-16-6-3-14(21)4-7-16/h3-8,11,13H,9-10,12H2,1-2H3,(H,23,25)(H,24,26). The summed E-state index contributed by atoms with van der Waals surface area (Å²) in [5.74, 6) is 0.559. The molecule has 2 rings (SSSR count). The molecule has 0 heterocycles. The van der Waals surface area contributed by atoms with Crippen LogP contribution >= 0.6 is 31.9 Å². The Kier molecular flexibility index (Phi) is 8.79. The number of carbonyl (C=O) groups excluding carboxylic acids is 2. The van der Waals surface area contributed by atoms with Gasteiger partial charge in [-0.15, -0.1) is 0 Å². The van der Waals surface area contributed by atoms with E-state index >= 15 is 0 Å². The Morgan fingerprint density at radius 1 is 0.964 bits per heavy atom. The maximum atomic E-state index is 12.5. The Morgan fingerprint density at radius 2 is 1.64 bits per heavy atom. The average Bonchev–Trinajstić information content (AvgIpc) is 2.66. The number of amides is 2. The van der Waals surface area contributed by atoms with Crippen molar-refractivity contribution >= 4 is 43.7 Å². The van der Waals surface area contributed by atoms with Crippen LogP contribution in [0.1, 0.15) is 30.6 Å². The molecule has 2 N–H and O–H groups in total. The van der Waals surface area contributed by atoms with Crippen molar-refractivity contribution in [3.05, 3.63) is 57.0 Å². The van der Waals surface area contributed by atoms with E-state index in [0.29, 0.717) is 29.6 Å². The van der Waals surface area contributed by atoms with E-state index in [-0.39, 0.29) is 6.61 Å². The minimum Gasteiger partial charge on any atom is -0.493 e. The minimum absolute atomic E-state index is 0.224. The van der Waals surface area contributed by atoms with E-state index in [4.69, 9.17) is 9.47 Å². The van der Waals surface area contributed by atoms with Gasteiger partial charge in [0.1, 0.15) is 11.5 Å². The zero-order valence-corrected chi connectivity index (χ0v) is 18.8. The number of benzene rings is 2. The van der Waals surface area contributed by atoms with Crippen LogP contribution < -0.4 is 20.3 Å². The zero-order valence-electron chi connectivity index (χ0n) is 15.6. The van der Waals surface area contributed by atoms with Crippen LogP contribution in [0.2, 0.25) is 0 Å². The summed E-state index contributed by atoms with van der Waals surface area (Å²) >= 11 is 6.67. The second kappa shape index (κ2) is 11.1. The lowest BCUT2D eigenvalue weighted by Crippen LogP contribution is -2.44. The Bertz CT molecular complexity index is 810. The highest BCUT2D eigenvalue weighted by Crippen LogP contribution is 2.23. The summed E-state index contributed by atoms with van der Waals surface area (Å²) in [6.07, 6.45) is 0.876. The fourth-order valence-corrected chi connectivity index (χ4v) is 2.75. The summed E-state index contributed by atoms with van der Waals surface area (Å²) in [5, 5.41) is 0. The molecule has 0 aliphatic heterocycles. The van der Waals surface area contributed by atoms with Crippen molar-refractivity contribution in [1.29, 1.82) is 0 Å². The summed E-state index contributed by atoms with van der Waals surface area (Å²) in [7, 11) is 0. The van der Waals surface area contributed by atoms with Gasteiger partial charge in [0.15, 0.2) is 6.61 Å². The molecule has 0 atom stereocenters. The number of nitrogens with one attached hydrogen (secondary N) is 2. The molecular weight excluding hydrogens is 492 g/mol. The number of hydrazine groups is 1. The van der Waals surface area contributed by atoms with Gasteiger partial charge < -0.3 is 9.47 Å². The van der Waals surface area contributed by atoms with Gasteiger partial charge in [0.2, 0.25) is 0 Å². The van der Waals surface area contributed by atoms with Crippen LogP contribution in [0, 0.1) is 5.92 Å². The van der Waals surface area contributed by atoms with Gasteiger partial charge in [0.05, 0.1) is 12.2 Å². The normalized spacial score (nSPS) is 10.5. The molecule has 0 aliphatic carbocycles. The highest BCUT2D eigenvalue weighted by atomic mass is 79.9. The molecule has 2 aromatic rings. The van der Waals surface area contributed by atoms with Crippen LogP contribution in [-0.4, -0.2) is 25.0 Å². The molecule has 0 unspecified atom stereocenters. The second-order valence-corrected chi connectivity index (χ2v) is 8.25. The monoisotopic (exact) mass is 512 g/mol. The molecule has 28 heavy (non-hydrogen) atoms. The van der Waals surface area contributed by atoms with Gasteiger partial charge in [-0.25, -0.2) is 0 Å². The quantitative estimate of drug-likeness (QED) is 0.510. The molecule has 2 amide bonds. The molecule has 150 valence electrons. The highest BCUT2D eigenvalue weighted by molar-refractivity contribution is 9.10. The summed E-state index contributed by atoms with van der Waals surface area (Å²) in [4.78, 5) is 24.4. The maximum Gasteiger partial charge on any atom is 0.276 e. The van der Waals surface area contributed by atoms with Crippen LogP contribution in [0.4, 0.5) is 0 Å². The number of ether oxygens (including phenoxy) is 2. The molecule has 8 heteroatoms. The van der Waals surface area contributed by atoms with Crippen LogP contribution in [0.15, 0.2) is 51.4 Å². The maximum absolute atomic E-state index is 12.5. The molecule has 0 saturated carbocycles. The smallest absolute Gasteiger partial charge is 0.276 e. The van der Waals surface area contributed by atoms with Crippen molar-refractivity contribution in [2.24, 2.45) is 5.92 Å². The lowest BCUT2D eigenvalue weighted by atomic mass is 10.1. The number of halogens is 2. The predicted molar refractivity (Wildman–Crippen MR) is 114 cm³/mol. The summed E-state index contributed by atoms with van der Waals surface area (Å²) in [5.41, 5.74) is 5.05. The number of hydrogen-bond donors (Lipinski definition) is 2. The molecule has 0 radical (unpaired) electrons. The molecule has 0 spiro atoms. The first-order chi connectivity index (χ1) is 13.3. The fraction of sp³-hybridized carbons (Fsp3) is 0.300. The molecule has 0 aromatic heterocycles. The van der Waals surface area contributed by atoms with Crippen LogP contribution in [0.25, 0.3) is 0 Å². The molecule has 0 bridgehead atoms. The number of hydrogen-bond acceptors (Lipinski definition) is 4. The Morgan fingerprint density at radius 3 is 2.32 bits per heavy atom. The Hall–Kier alpha value is -2.06. The van der Waals surface area contributed by atoms with Crippen molar-refractivity contribution in [1.82, 2.24) is 10.9 Å². The van der Waals surface area contributed by atoms with Crippen molar-refractivity contribution in [3.8, 4) is 11.5 Å². The summed E-state index contributed by atoms with van der Waals surface area (Å²) < 4.78 is 12.7. The first-order valence-corrected chi connectivity index (χ1v) is 10.3. The third-order valence-corrected chi connectivity index (χ3v) is 4.66. The van der Waals surface area contributed by atoms with E-state index in [1.54, 1.807) is 30.3 Å². The van der Waals surface area contributed by atoms with Crippen molar-refractivity contribution in [2.45, 2.75) is 20.3 Å². The van der Waals surface area contributed by atoms with Crippen LogP contribution in [0.5, 0.6) is 11.5 Å². The van der Waals surface area contributed by atoms with E-state index in [2.05, 4.69) is 56.6 Å². The molecule has 0 saturated heterocycles. The lowest BCUT2D eigenvalue weighted by Gasteiger charge is -2.14. The minimum atomic E-state index is -0.478. The van der Waals surface area contributed by atoms with Gasteiger partial charge in [-0.1, -0.05) is 45.7 Å². The number of carbonyl (C=O) groups is 2. The van der Waals surface area contributed by atoms with E-state index in [9.17, 15) is 9.59 Å². The zero-order chi connectivity index (χ0) is 20.5. The van der Waals surface area contributed by atoms with Gasteiger partial charge in [0, 0.05) is 8.95 Å². The molecule has 2 aromatic carbocycles. The topological polar surface area (TPSA) is 76.7 Å². The van der Waals surface area contributed by atoms with Gasteiger partial charge in [-0.05, 0) is 54.8 Å². The van der Waals surface area contributed by atoms with Crippen molar-refractivity contribution in [2.75, 3.05) is 13.2 Å². The van der Waals surface area contributed by atoms with Gasteiger partial charge >= 0.3 is 0 Å². The van der Waals surface area contributed by atoms with Crippen molar-refractivity contribution in [3.63, 3.8) is 0 Å². The third-order valence-electron chi connectivity index (χ3n) is 3.64. The molecule has 6 nitrogen and oxygen atoms in total. The Labute approximate surface area is 181 Å². The Balaban J connectivity index is 1.88. The second-order valence-electron chi connectivity index (χ2n) is 6.42. The fourth-order valence-electron chi connectivity index (χ4n) is 2.12. The van der Waals surface area contributed by atoms with E-state index in [1.165, 1.54) is 0 Å². The molecule has 0 aliphatic rings. The average molecular weight is 514 g/mol. The van der Waals surface area contributed by atoms with Gasteiger partial charge in [-0.3, -0.25) is 20.4 Å². The SMILES string of the molecule is CC(C)CCOc1ccc(Br)cc1C(=O)NNC(=O)COc1ccc(Br)cc1. The van der Waals surface area contributed by atoms with E-state index < -0.39 is 11.8 Å². The summed E-state index contributed by atoms with van der Waals surface area (Å²) in [6, 6.07) is 12.2. The first-order valence-electron chi connectivity index (χ1n) is 8.75. The summed E-state index contributed by atoms with van der Waals surface area (Å²) in [6.45, 7) is 4.49. The molecule has 0 fully saturated rings. The van der Waals surface area contributed by atoms with Crippen molar-refractivity contribution < 1.29 is 19.1 Å². The highest BCUT2D eigenvalue weighted by Gasteiger charge is 2.15. The van der Waals surface area contributed by atoms with Gasteiger partial charge in [-0.2, -0.15) is 0 Å². The van der Waals surface area contributed by atoms with Gasteiger partial charge in [0.25, 0.3) is 11.8 Å².